The normalized spacial score (nSPS) is 26.8. The topological polar surface area (TPSA) is 86.1 Å². The average Bonchev–Trinajstić information content (AvgIpc) is 3.23. The number of halogens is 3. The Bertz CT molecular complexity index is 1150. The number of rotatable bonds is 9. The Labute approximate surface area is 233 Å². The molecule has 0 radical (unpaired) electrons. The highest BCUT2D eigenvalue weighted by Crippen LogP contribution is 2.53. The van der Waals surface area contributed by atoms with Gasteiger partial charge in [-0.3, -0.25) is 4.90 Å². The van der Waals surface area contributed by atoms with E-state index in [9.17, 15) is 28.2 Å². The van der Waals surface area contributed by atoms with E-state index < -0.39 is 29.5 Å². The van der Waals surface area contributed by atoms with Crippen molar-refractivity contribution in [3.05, 3.63) is 48.2 Å². The van der Waals surface area contributed by atoms with E-state index in [4.69, 9.17) is 4.74 Å². The van der Waals surface area contributed by atoms with Crippen LogP contribution in [0.15, 0.2) is 42.6 Å². The molecule has 2 saturated heterocycles. The number of aromatic nitrogens is 1. The molecule has 3 atom stereocenters. The summed E-state index contributed by atoms with van der Waals surface area (Å²) in [5.74, 6) is 0.794. The number of benzene rings is 1. The molecule has 1 aromatic carbocycles. The highest BCUT2D eigenvalue weighted by molar-refractivity contribution is 5.65. The molecule has 1 saturated carbocycles. The maximum Gasteiger partial charge on any atom is 0.395 e. The number of aldehydes is 1. The number of carbonyl (C=O) groups excluding carboxylic acids is 1. The molecule has 40 heavy (non-hydrogen) atoms. The summed E-state index contributed by atoms with van der Waals surface area (Å²) in [5, 5.41) is 20.9. The molecule has 3 heterocycles. The first-order chi connectivity index (χ1) is 19.0. The van der Waals surface area contributed by atoms with Gasteiger partial charge < -0.3 is 24.6 Å². The van der Waals surface area contributed by atoms with E-state index >= 15 is 0 Å². The molecule has 2 aliphatic heterocycles. The van der Waals surface area contributed by atoms with Gasteiger partial charge in [0.25, 0.3) is 0 Å². The van der Waals surface area contributed by atoms with Crippen molar-refractivity contribution in [1.29, 1.82) is 0 Å². The van der Waals surface area contributed by atoms with E-state index in [0.29, 0.717) is 37.6 Å². The van der Waals surface area contributed by atoms with Crippen LogP contribution in [-0.2, 0) is 4.79 Å². The molecule has 5 rings (SSSR count). The number of ether oxygens (including phenoxy) is 1. The van der Waals surface area contributed by atoms with Crippen LogP contribution in [0, 0.1) is 11.3 Å². The SMILES string of the molecule is C[C@@]1(C=O)C[C@@H](O)CN1C(O)c1ccc(-c2ccc(OCC3CCN(CC4(C(F)(F)F)CCC4)CC3)nc2)cc1. The molecule has 0 bridgehead atoms. The Morgan fingerprint density at radius 3 is 2.35 bits per heavy atom. The predicted octanol–water partition coefficient (Wildman–Crippen LogP) is 4.59. The second-order valence-corrected chi connectivity index (χ2v) is 12.0. The number of likely N-dealkylation sites (tertiary alicyclic amines) is 2. The quantitative estimate of drug-likeness (QED) is 0.434. The van der Waals surface area contributed by atoms with Gasteiger partial charge in [-0.2, -0.15) is 13.2 Å². The van der Waals surface area contributed by atoms with Crippen LogP contribution in [0.4, 0.5) is 13.2 Å². The third-order valence-electron chi connectivity index (χ3n) is 9.15. The zero-order chi connectivity index (χ0) is 28.5. The Hall–Kier alpha value is -2.53. The van der Waals surface area contributed by atoms with Crippen LogP contribution >= 0.6 is 0 Å². The highest BCUT2D eigenvalue weighted by atomic mass is 19.4. The van der Waals surface area contributed by atoms with Gasteiger partial charge in [-0.1, -0.05) is 30.7 Å². The van der Waals surface area contributed by atoms with Crippen molar-refractivity contribution < 1.29 is 32.9 Å². The fraction of sp³-hybridized carbons (Fsp3) is 0.600. The monoisotopic (exact) mass is 561 g/mol. The first kappa shape index (κ1) is 29.0. The highest BCUT2D eigenvalue weighted by Gasteiger charge is 2.58. The van der Waals surface area contributed by atoms with Gasteiger partial charge in [0.05, 0.1) is 23.7 Å². The lowest BCUT2D eigenvalue weighted by atomic mass is 9.67. The number of piperidine rings is 1. The number of pyridine rings is 1. The Morgan fingerprint density at radius 1 is 1.12 bits per heavy atom. The standard InChI is InChI=1S/C30H38F3N3O4/c1-28(20-37)15-25(38)17-36(28)27(39)23-5-3-22(4-6-23)24-7-8-26(34-16-24)40-18-21-9-13-35(14-10-21)19-29(11-2-12-29)30(31,32)33/h3-8,16,20-21,25,27,38-39H,2,9-15,17-19H2,1H3/t25-,27?,28+/m1/s1. The Balaban J connectivity index is 1.10. The molecule has 1 aromatic heterocycles. The molecule has 3 aliphatic rings. The number of β-amino-alcohol motifs (C(OH)–C–C–N with tert-alkyl or cyclic N) is 1. The van der Waals surface area contributed by atoms with Gasteiger partial charge in [0.1, 0.15) is 12.5 Å². The van der Waals surface area contributed by atoms with Crippen molar-refractivity contribution in [3.63, 3.8) is 0 Å². The summed E-state index contributed by atoms with van der Waals surface area (Å²) in [4.78, 5) is 19.6. The average molecular weight is 562 g/mol. The van der Waals surface area contributed by atoms with E-state index in [0.717, 1.165) is 30.3 Å². The zero-order valence-corrected chi connectivity index (χ0v) is 22.8. The van der Waals surface area contributed by atoms with Gasteiger partial charge in [0.15, 0.2) is 0 Å². The van der Waals surface area contributed by atoms with Gasteiger partial charge in [0.2, 0.25) is 5.88 Å². The third-order valence-corrected chi connectivity index (χ3v) is 9.15. The molecule has 2 aromatic rings. The fourth-order valence-corrected chi connectivity index (χ4v) is 6.33. The molecule has 0 spiro atoms. The number of aliphatic hydroxyl groups is 2. The van der Waals surface area contributed by atoms with E-state index in [-0.39, 0.29) is 38.3 Å². The fourth-order valence-electron chi connectivity index (χ4n) is 6.33. The molecule has 0 amide bonds. The van der Waals surface area contributed by atoms with Gasteiger partial charge >= 0.3 is 6.18 Å². The summed E-state index contributed by atoms with van der Waals surface area (Å²) < 4.78 is 46.4. The van der Waals surface area contributed by atoms with E-state index in [1.165, 1.54) is 0 Å². The molecular weight excluding hydrogens is 523 g/mol. The van der Waals surface area contributed by atoms with Gasteiger partial charge in [0, 0.05) is 30.9 Å². The molecule has 10 heteroatoms. The molecular formula is C30H38F3N3O4. The lowest BCUT2D eigenvalue weighted by Crippen LogP contribution is -2.53. The van der Waals surface area contributed by atoms with E-state index in [1.54, 1.807) is 36.2 Å². The second-order valence-electron chi connectivity index (χ2n) is 12.0. The minimum absolute atomic E-state index is 0.118. The van der Waals surface area contributed by atoms with Crippen molar-refractivity contribution in [1.82, 2.24) is 14.8 Å². The van der Waals surface area contributed by atoms with Crippen LogP contribution < -0.4 is 4.74 Å². The summed E-state index contributed by atoms with van der Waals surface area (Å²) in [6.45, 7) is 3.87. The summed E-state index contributed by atoms with van der Waals surface area (Å²) in [7, 11) is 0. The molecule has 2 N–H and O–H groups in total. The van der Waals surface area contributed by atoms with Crippen molar-refractivity contribution in [2.24, 2.45) is 11.3 Å². The third kappa shape index (κ3) is 5.91. The predicted molar refractivity (Wildman–Crippen MR) is 143 cm³/mol. The van der Waals surface area contributed by atoms with Crippen molar-refractivity contribution >= 4 is 6.29 Å². The Kier molecular flexibility index (Phi) is 8.25. The summed E-state index contributed by atoms with van der Waals surface area (Å²) in [6.07, 6.45) is -0.221. The molecule has 1 unspecified atom stereocenters. The van der Waals surface area contributed by atoms with E-state index in [1.807, 2.05) is 23.1 Å². The van der Waals surface area contributed by atoms with Crippen LogP contribution in [0.3, 0.4) is 0 Å². The minimum atomic E-state index is -4.12. The lowest BCUT2D eigenvalue weighted by Gasteiger charge is -2.47. The van der Waals surface area contributed by atoms with Crippen LogP contribution in [0.2, 0.25) is 0 Å². The maximum absolute atomic E-state index is 13.5. The van der Waals surface area contributed by atoms with E-state index in [2.05, 4.69) is 4.98 Å². The molecule has 3 fully saturated rings. The van der Waals surface area contributed by atoms with Gasteiger partial charge in [-0.25, -0.2) is 4.98 Å². The first-order valence-electron chi connectivity index (χ1n) is 14.1. The Morgan fingerprint density at radius 2 is 1.80 bits per heavy atom. The minimum Gasteiger partial charge on any atom is -0.477 e. The zero-order valence-electron chi connectivity index (χ0n) is 22.8. The summed E-state index contributed by atoms with van der Waals surface area (Å²) in [5.41, 5.74) is -0.000698. The van der Waals surface area contributed by atoms with Gasteiger partial charge in [-0.05, 0) is 75.2 Å². The molecule has 7 nitrogen and oxygen atoms in total. The van der Waals surface area contributed by atoms with Crippen LogP contribution in [0.1, 0.15) is 57.2 Å². The number of hydrogen-bond acceptors (Lipinski definition) is 7. The van der Waals surface area contributed by atoms with Gasteiger partial charge in [-0.15, -0.1) is 0 Å². The van der Waals surface area contributed by atoms with Crippen molar-refractivity contribution in [2.75, 3.05) is 32.8 Å². The molecule has 1 aliphatic carbocycles. The first-order valence-corrected chi connectivity index (χ1v) is 14.1. The number of nitrogens with zero attached hydrogens (tertiary/aromatic N) is 3. The number of hydrogen-bond donors (Lipinski definition) is 2. The van der Waals surface area contributed by atoms with Crippen LogP contribution in [0.5, 0.6) is 5.88 Å². The number of aliphatic hydroxyl groups excluding tert-OH is 2. The largest absolute Gasteiger partial charge is 0.477 e. The molecule has 218 valence electrons. The second kappa shape index (κ2) is 11.4. The summed E-state index contributed by atoms with van der Waals surface area (Å²) >= 11 is 0. The van der Waals surface area contributed by atoms with Crippen LogP contribution in [0.25, 0.3) is 11.1 Å². The maximum atomic E-state index is 13.5. The number of carbonyl (C=O) groups is 1. The lowest BCUT2D eigenvalue weighted by molar-refractivity contribution is -0.256. The smallest absolute Gasteiger partial charge is 0.395 e. The van der Waals surface area contributed by atoms with Crippen molar-refractivity contribution in [3.8, 4) is 17.0 Å². The van der Waals surface area contributed by atoms with Crippen LogP contribution in [-0.4, -0.2) is 81.9 Å². The van der Waals surface area contributed by atoms with Crippen molar-refractivity contribution in [2.45, 2.75) is 69.5 Å². The number of alkyl halides is 3. The summed E-state index contributed by atoms with van der Waals surface area (Å²) in [6, 6.07) is 11.1.